The van der Waals surface area contributed by atoms with E-state index < -0.39 is 5.97 Å². The van der Waals surface area contributed by atoms with Gasteiger partial charge in [0.1, 0.15) is 0 Å². The van der Waals surface area contributed by atoms with E-state index in [4.69, 9.17) is 0 Å². The summed E-state index contributed by atoms with van der Waals surface area (Å²) in [6.45, 7) is 3.47. The van der Waals surface area contributed by atoms with E-state index in [1.54, 1.807) is 12.1 Å². The number of nitrogens with zero attached hydrogens (tertiary/aromatic N) is 2. The molecule has 0 spiro atoms. The van der Waals surface area contributed by atoms with E-state index >= 15 is 0 Å². The van der Waals surface area contributed by atoms with E-state index in [9.17, 15) is 9.90 Å². The van der Waals surface area contributed by atoms with Gasteiger partial charge in [0.15, 0.2) is 0 Å². The summed E-state index contributed by atoms with van der Waals surface area (Å²) in [6, 6.07) is 17.6. The van der Waals surface area contributed by atoms with Gasteiger partial charge >= 0.3 is 5.97 Å². The zero-order valence-corrected chi connectivity index (χ0v) is 11.8. The summed E-state index contributed by atoms with van der Waals surface area (Å²) in [5.74, 6) is -0.865. The molecule has 4 heteroatoms. The smallest absolute Gasteiger partial charge is 0.337 e. The van der Waals surface area contributed by atoms with Gasteiger partial charge in [0.2, 0.25) is 0 Å². The number of rotatable bonds is 3. The maximum absolute atomic E-state index is 11.3. The fraction of sp³-hybridized carbons (Fsp3) is 0.235. The Morgan fingerprint density at radius 1 is 0.810 bits per heavy atom. The van der Waals surface area contributed by atoms with Crippen LogP contribution in [0.3, 0.4) is 0 Å². The van der Waals surface area contributed by atoms with E-state index in [0.717, 1.165) is 31.9 Å². The third-order valence-electron chi connectivity index (χ3n) is 3.88. The first-order valence-corrected chi connectivity index (χ1v) is 7.13. The monoisotopic (exact) mass is 282 g/mol. The molecule has 0 saturated carbocycles. The lowest BCUT2D eigenvalue weighted by Crippen LogP contribution is -2.47. The van der Waals surface area contributed by atoms with E-state index in [-0.39, 0.29) is 0 Å². The molecule has 1 heterocycles. The Hall–Kier alpha value is -2.49. The van der Waals surface area contributed by atoms with Gasteiger partial charge in [-0.05, 0) is 24.3 Å². The highest BCUT2D eigenvalue weighted by atomic mass is 16.4. The fourth-order valence-corrected chi connectivity index (χ4v) is 2.77. The minimum atomic E-state index is -0.865. The van der Waals surface area contributed by atoms with Gasteiger partial charge in [-0.1, -0.05) is 30.3 Å². The molecule has 4 nitrogen and oxygen atoms in total. The van der Waals surface area contributed by atoms with Crippen LogP contribution in [0.1, 0.15) is 10.4 Å². The molecule has 3 rings (SSSR count). The van der Waals surface area contributed by atoms with Gasteiger partial charge in [-0.15, -0.1) is 0 Å². The van der Waals surface area contributed by atoms with Crippen LogP contribution in [0.15, 0.2) is 54.6 Å². The van der Waals surface area contributed by atoms with Gasteiger partial charge in [-0.3, -0.25) is 0 Å². The van der Waals surface area contributed by atoms with Crippen molar-refractivity contribution in [3.63, 3.8) is 0 Å². The third kappa shape index (κ3) is 2.84. The lowest BCUT2D eigenvalue weighted by atomic mass is 10.1. The molecule has 0 unspecified atom stereocenters. The molecule has 0 aliphatic carbocycles. The number of hydrogen-bond acceptors (Lipinski definition) is 3. The van der Waals surface area contributed by atoms with Crippen LogP contribution >= 0.6 is 0 Å². The molecular formula is C17H18N2O2. The Balaban J connectivity index is 1.73. The number of carboxylic acid groups (broad SMARTS) is 1. The quantitative estimate of drug-likeness (QED) is 0.940. The summed E-state index contributed by atoms with van der Waals surface area (Å²) in [7, 11) is 0. The zero-order valence-electron chi connectivity index (χ0n) is 11.8. The lowest BCUT2D eigenvalue weighted by molar-refractivity contribution is 0.0697. The molecule has 0 aromatic heterocycles. The summed E-state index contributed by atoms with van der Waals surface area (Å²) in [4.78, 5) is 15.8. The Morgan fingerprint density at radius 3 is 2.05 bits per heavy atom. The molecule has 0 radical (unpaired) electrons. The first kappa shape index (κ1) is 13.5. The highest BCUT2D eigenvalue weighted by molar-refractivity contribution is 5.94. The van der Waals surface area contributed by atoms with Crippen LogP contribution < -0.4 is 9.80 Å². The van der Waals surface area contributed by atoms with Crippen molar-refractivity contribution in [3.05, 3.63) is 60.2 Å². The Morgan fingerprint density at radius 2 is 1.38 bits per heavy atom. The minimum absolute atomic E-state index is 0.380. The van der Waals surface area contributed by atoms with Crippen LogP contribution in [0.25, 0.3) is 0 Å². The van der Waals surface area contributed by atoms with Gasteiger partial charge in [0.05, 0.1) is 11.3 Å². The van der Waals surface area contributed by atoms with E-state index in [2.05, 4.69) is 21.9 Å². The number of anilines is 2. The fourth-order valence-electron chi connectivity index (χ4n) is 2.77. The van der Waals surface area contributed by atoms with E-state index in [1.165, 1.54) is 5.69 Å². The Labute approximate surface area is 124 Å². The van der Waals surface area contributed by atoms with E-state index in [0.29, 0.717) is 5.56 Å². The van der Waals surface area contributed by atoms with E-state index in [1.807, 2.05) is 30.3 Å². The summed E-state index contributed by atoms with van der Waals surface area (Å²) in [5, 5.41) is 9.29. The van der Waals surface area contributed by atoms with Gasteiger partial charge in [-0.2, -0.15) is 0 Å². The Kier molecular flexibility index (Phi) is 3.77. The number of aromatic carboxylic acids is 1. The van der Waals surface area contributed by atoms with Crippen molar-refractivity contribution in [2.45, 2.75) is 0 Å². The number of carbonyl (C=O) groups is 1. The molecule has 21 heavy (non-hydrogen) atoms. The molecule has 1 saturated heterocycles. The molecule has 1 fully saturated rings. The zero-order chi connectivity index (χ0) is 14.7. The van der Waals surface area contributed by atoms with Crippen LogP contribution in [-0.4, -0.2) is 37.3 Å². The number of carboxylic acids is 1. The first-order chi connectivity index (χ1) is 10.3. The summed E-state index contributed by atoms with van der Waals surface area (Å²) in [6.07, 6.45) is 0. The average Bonchev–Trinajstić information content (AvgIpc) is 2.56. The second-order valence-electron chi connectivity index (χ2n) is 5.13. The largest absolute Gasteiger partial charge is 0.478 e. The highest BCUT2D eigenvalue weighted by Crippen LogP contribution is 2.23. The Bertz CT molecular complexity index is 620. The number of piperazine rings is 1. The minimum Gasteiger partial charge on any atom is -0.478 e. The molecule has 1 aliphatic rings. The molecule has 1 N–H and O–H groups in total. The third-order valence-corrected chi connectivity index (χ3v) is 3.88. The second kappa shape index (κ2) is 5.87. The second-order valence-corrected chi connectivity index (χ2v) is 5.13. The van der Waals surface area contributed by atoms with Crippen molar-refractivity contribution >= 4 is 17.3 Å². The predicted molar refractivity (Wildman–Crippen MR) is 84.3 cm³/mol. The van der Waals surface area contributed by atoms with Gasteiger partial charge in [-0.25, -0.2) is 4.79 Å². The molecule has 108 valence electrons. The van der Waals surface area contributed by atoms with Crippen LogP contribution in [-0.2, 0) is 0 Å². The SMILES string of the molecule is O=C(O)c1ccccc1N1CCN(c2ccccc2)CC1. The van der Waals surface area contributed by atoms with Gasteiger partial charge in [0, 0.05) is 31.9 Å². The highest BCUT2D eigenvalue weighted by Gasteiger charge is 2.21. The van der Waals surface area contributed by atoms with Gasteiger partial charge < -0.3 is 14.9 Å². The standard InChI is InChI=1S/C17H18N2O2/c20-17(21)15-8-4-5-9-16(15)19-12-10-18(11-13-19)14-6-2-1-3-7-14/h1-9H,10-13H2,(H,20,21). The van der Waals surface area contributed by atoms with Crippen LogP contribution in [0, 0.1) is 0 Å². The topological polar surface area (TPSA) is 43.8 Å². The van der Waals surface area contributed by atoms with Crippen molar-refractivity contribution in [3.8, 4) is 0 Å². The lowest BCUT2D eigenvalue weighted by Gasteiger charge is -2.37. The molecule has 1 aliphatic heterocycles. The van der Waals surface area contributed by atoms with Crippen molar-refractivity contribution < 1.29 is 9.90 Å². The molecule has 2 aromatic rings. The van der Waals surface area contributed by atoms with Crippen molar-refractivity contribution in [1.82, 2.24) is 0 Å². The molecule has 0 amide bonds. The normalized spacial score (nSPS) is 15.0. The molecular weight excluding hydrogens is 264 g/mol. The maximum Gasteiger partial charge on any atom is 0.337 e. The molecule has 2 aromatic carbocycles. The van der Waals surface area contributed by atoms with Crippen LogP contribution in [0.2, 0.25) is 0 Å². The summed E-state index contributed by atoms with van der Waals surface area (Å²) >= 11 is 0. The van der Waals surface area contributed by atoms with Crippen molar-refractivity contribution in [2.24, 2.45) is 0 Å². The average molecular weight is 282 g/mol. The summed E-state index contributed by atoms with van der Waals surface area (Å²) < 4.78 is 0. The van der Waals surface area contributed by atoms with Crippen molar-refractivity contribution in [2.75, 3.05) is 36.0 Å². The number of benzene rings is 2. The molecule has 0 bridgehead atoms. The van der Waals surface area contributed by atoms with Gasteiger partial charge in [0.25, 0.3) is 0 Å². The maximum atomic E-state index is 11.3. The van der Waals surface area contributed by atoms with Crippen LogP contribution in [0.5, 0.6) is 0 Å². The number of para-hydroxylation sites is 2. The van der Waals surface area contributed by atoms with Crippen molar-refractivity contribution in [1.29, 1.82) is 0 Å². The number of hydrogen-bond donors (Lipinski definition) is 1. The molecule has 0 atom stereocenters. The van der Waals surface area contributed by atoms with Crippen LogP contribution in [0.4, 0.5) is 11.4 Å². The summed E-state index contributed by atoms with van der Waals surface area (Å²) in [5.41, 5.74) is 2.42. The first-order valence-electron chi connectivity index (χ1n) is 7.13. The predicted octanol–water partition coefficient (Wildman–Crippen LogP) is 2.71.